The monoisotopic (exact) mass is 353 g/mol. The molecule has 0 N–H and O–H groups in total. The average molecular weight is 353 g/mol. The number of pyridine rings is 1. The van der Waals surface area contributed by atoms with Gasteiger partial charge in [0.05, 0.1) is 23.7 Å². The van der Waals surface area contributed by atoms with Crippen molar-refractivity contribution in [1.29, 1.82) is 0 Å². The van der Waals surface area contributed by atoms with E-state index in [1.807, 2.05) is 72.8 Å². The molecule has 0 aliphatic carbocycles. The van der Waals surface area contributed by atoms with Gasteiger partial charge in [-0.05, 0) is 42.5 Å². The van der Waals surface area contributed by atoms with Crippen molar-refractivity contribution in [2.75, 3.05) is 7.11 Å². The molecule has 0 saturated heterocycles. The van der Waals surface area contributed by atoms with E-state index in [1.165, 1.54) is 0 Å². The molecule has 5 nitrogen and oxygen atoms in total. The van der Waals surface area contributed by atoms with Crippen LogP contribution in [-0.4, -0.2) is 21.6 Å². The lowest BCUT2D eigenvalue weighted by molar-refractivity contribution is 0.415. The lowest BCUT2D eigenvalue weighted by Gasteiger charge is -2.13. The van der Waals surface area contributed by atoms with Crippen LogP contribution in [0.5, 0.6) is 5.75 Å². The van der Waals surface area contributed by atoms with Gasteiger partial charge in [0.1, 0.15) is 11.3 Å². The molecule has 0 bridgehead atoms. The van der Waals surface area contributed by atoms with Gasteiger partial charge >= 0.3 is 0 Å². The number of nitrogens with zero attached hydrogens (tertiary/aromatic N) is 3. The summed E-state index contributed by atoms with van der Waals surface area (Å²) in [5.41, 5.74) is 3.84. The van der Waals surface area contributed by atoms with E-state index in [4.69, 9.17) is 9.72 Å². The summed E-state index contributed by atoms with van der Waals surface area (Å²) in [6.45, 7) is 0. The topological polar surface area (TPSA) is 57.0 Å². The summed E-state index contributed by atoms with van der Waals surface area (Å²) in [7, 11) is 1.62. The number of aromatic nitrogens is 3. The van der Waals surface area contributed by atoms with Gasteiger partial charge in [-0.25, -0.2) is 9.97 Å². The standard InChI is InChI=1S/C22H15N3O2/c1-27-15-12-10-14(11-13-15)25-19-9-5-2-6-16(19)20-21(22(25)26)24-18-8-4-3-7-17(18)23-20/h2-13H,1H3. The maximum absolute atomic E-state index is 13.4. The predicted molar refractivity (Wildman–Crippen MR) is 107 cm³/mol. The largest absolute Gasteiger partial charge is 0.497 e. The fraction of sp³-hybridized carbons (Fsp3) is 0.0455. The van der Waals surface area contributed by atoms with Crippen LogP contribution in [-0.2, 0) is 0 Å². The van der Waals surface area contributed by atoms with E-state index >= 15 is 0 Å². The number of rotatable bonds is 2. The Bertz CT molecular complexity index is 1370. The van der Waals surface area contributed by atoms with Crippen LogP contribution in [0, 0.1) is 0 Å². The third kappa shape index (κ3) is 2.36. The van der Waals surface area contributed by atoms with E-state index in [0.29, 0.717) is 16.6 Å². The van der Waals surface area contributed by atoms with Gasteiger partial charge < -0.3 is 4.74 Å². The molecule has 0 saturated carbocycles. The zero-order chi connectivity index (χ0) is 18.4. The molecule has 0 fully saturated rings. The Hall–Kier alpha value is -3.73. The first-order valence-electron chi connectivity index (χ1n) is 8.61. The van der Waals surface area contributed by atoms with Crippen molar-refractivity contribution in [1.82, 2.24) is 14.5 Å². The lowest BCUT2D eigenvalue weighted by atomic mass is 10.1. The van der Waals surface area contributed by atoms with Gasteiger partial charge in [-0.2, -0.15) is 0 Å². The van der Waals surface area contributed by atoms with Crippen LogP contribution < -0.4 is 10.3 Å². The third-order valence-corrected chi connectivity index (χ3v) is 4.71. The Morgan fingerprint density at radius 3 is 2.11 bits per heavy atom. The SMILES string of the molecule is COc1ccc(-n2c(=O)c3nc4ccccc4nc3c3ccccc32)cc1. The molecular weight excluding hydrogens is 338 g/mol. The van der Waals surface area contributed by atoms with Crippen molar-refractivity contribution in [2.45, 2.75) is 0 Å². The molecule has 5 heteroatoms. The molecule has 0 amide bonds. The summed E-state index contributed by atoms with van der Waals surface area (Å²) >= 11 is 0. The molecule has 2 heterocycles. The number of benzene rings is 3. The Balaban J connectivity index is 1.95. The van der Waals surface area contributed by atoms with E-state index in [-0.39, 0.29) is 5.56 Å². The minimum absolute atomic E-state index is 0.188. The van der Waals surface area contributed by atoms with Gasteiger partial charge in [0, 0.05) is 11.1 Å². The maximum Gasteiger partial charge on any atom is 0.283 e. The van der Waals surface area contributed by atoms with Crippen LogP contribution in [0.1, 0.15) is 0 Å². The molecule has 27 heavy (non-hydrogen) atoms. The highest BCUT2D eigenvalue weighted by Gasteiger charge is 2.15. The van der Waals surface area contributed by atoms with Crippen LogP contribution in [0.4, 0.5) is 0 Å². The molecule has 0 aliphatic rings. The highest BCUT2D eigenvalue weighted by atomic mass is 16.5. The minimum atomic E-state index is -0.188. The molecule has 0 spiro atoms. The summed E-state index contributed by atoms with van der Waals surface area (Å²) in [6, 6.07) is 22.8. The summed E-state index contributed by atoms with van der Waals surface area (Å²) < 4.78 is 6.91. The zero-order valence-electron chi connectivity index (χ0n) is 14.6. The van der Waals surface area contributed by atoms with Crippen molar-refractivity contribution >= 4 is 33.0 Å². The van der Waals surface area contributed by atoms with Gasteiger partial charge in [0.2, 0.25) is 0 Å². The first-order valence-corrected chi connectivity index (χ1v) is 8.61. The Kier molecular flexibility index (Phi) is 3.40. The number of ether oxygens (including phenoxy) is 1. The van der Waals surface area contributed by atoms with Crippen molar-refractivity contribution in [2.24, 2.45) is 0 Å². The van der Waals surface area contributed by atoms with Gasteiger partial charge in [0.15, 0.2) is 5.52 Å². The van der Waals surface area contributed by atoms with Crippen molar-refractivity contribution in [3.05, 3.63) is 83.2 Å². The van der Waals surface area contributed by atoms with Gasteiger partial charge in [0.25, 0.3) is 5.56 Å². The third-order valence-electron chi connectivity index (χ3n) is 4.71. The van der Waals surface area contributed by atoms with Crippen LogP contribution >= 0.6 is 0 Å². The Labute approximate surface area is 154 Å². The second-order valence-electron chi connectivity index (χ2n) is 6.27. The first kappa shape index (κ1) is 15.5. The van der Waals surface area contributed by atoms with Gasteiger partial charge in [-0.3, -0.25) is 9.36 Å². The number of para-hydroxylation sites is 3. The number of methoxy groups -OCH3 is 1. The van der Waals surface area contributed by atoms with E-state index in [0.717, 1.165) is 27.9 Å². The second kappa shape index (κ2) is 5.92. The number of hydrogen-bond acceptors (Lipinski definition) is 4. The van der Waals surface area contributed by atoms with Crippen molar-refractivity contribution in [3.63, 3.8) is 0 Å². The summed E-state index contributed by atoms with van der Waals surface area (Å²) in [4.78, 5) is 22.7. The van der Waals surface area contributed by atoms with Crippen LogP contribution in [0.3, 0.4) is 0 Å². The van der Waals surface area contributed by atoms with E-state index in [1.54, 1.807) is 11.7 Å². The minimum Gasteiger partial charge on any atom is -0.497 e. The molecule has 5 rings (SSSR count). The molecule has 2 aromatic heterocycles. The lowest BCUT2D eigenvalue weighted by Crippen LogP contribution is -2.20. The van der Waals surface area contributed by atoms with Crippen LogP contribution in [0.15, 0.2) is 77.6 Å². The smallest absolute Gasteiger partial charge is 0.283 e. The normalized spacial score (nSPS) is 11.3. The van der Waals surface area contributed by atoms with Crippen LogP contribution in [0.2, 0.25) is 0 Å². The van der Waals surface area contributed by atoms with E-state index in [2.05, 4.69) is 4.98 Å². The zero-order valence-corrected chi connectivity index (χ0v) is 14.6. The molecular formula is C22H15N3O2. The quantitative estimate of drug-likeness (QED) is 0.354. The molecule has 0 atom stereocenters. The average Bonchev–Trinajstić information content (AvgIpc) is 2.73. The van der Waals surface area contributed by atoms with Gasteiger partial charge in [-0.15, -0.1) is 0 Å². The Morgan fingerprint density at radius 2 is 1.41 bits per heavy atom. The van der Waals surface area contributed by atoms with E-state index < -0.39 is 0 Å². The molecule has 0 unspecified atom stereocenters. The molecule has 5 aromatic rings. The fourth-order valence-corrected chi connectivity index (χ4v) is 3.41. The maximum atomic E-state index is 13.4. The van der Waals surface area contributed by atoms with Crippen LogP contribution in [0.25, 0.3) is 38.7 Å². The highest BCUT2D eigenvalue weighted by molar-refractivity contribution is 6.04. The van der Waals surface area contributed by atoms with Gasteiger partial charge in [-0.1, -0.05) is 30.3 Å². The predicted octanol–water partition coefficient (Wildman–Crippen LogP) is 4.10. The van der Waals surface area contributed by atoms with E-state index in [9.17, 15) is 4.79 Å². The fourth-order valence-electron chi connectivity index (χ4n) is 3.41. The summed E-state index contributed by atoms with van der Waals surface area (Å²) in [5, 5.41) is 0.890. The van der Waals surface area contributed by atoms with Crippen molar-refractivity contribution in [3.8, 4) is 11.4 Å². The molecule has 130 valence electrons. The molecule has 3 aromatic carbocycles. The number of hydrogen-bond donors (Lipinski definition) is 0. The first-order chi connectivity index (χ1) is 13.3. The molecule has 0 radical (unpaired) electrons. The highest BCUT2D eigenvalue weighted by Crippen LogP contribution is 2.25. The van der Waals surface area contributed by atoms with Crippen molar-refractivity contribution < 1.29 is 4.74 Å². The second-order valence-corrected chi connectivity index (χ2v) is 6.27. The number of fused-ring (bicyclic) bond motifs is 4. The molecule has 0 aliphatic heterocycles. The summed E-state index contributed by atoms with van der Waals surface area (Å²) in [6.07, 6.45) is 0. The Morgan fingerprint density at radius 1 is 0.778 bits per heavy atom. The summed E-state index contributed by atoms with van der Waals surface area (Å²) in [5.74, 6) is 0.739.